The molecule has 0 atom stereocenters. The van der Waals surface area contributed by atoms with Gasteiger partial charge in [-0.1, -0.05) is 37.6 Å². The zero-order valence-electron chi connectivity index (χ0n) is 8.72. The summed E-state index contributed by atoms with van der Waals surface area (Å²) in [4.78, 5) is 0. The Labute approximate surface area is 76.7 Å². The Morgan fingerprint density at radius 2 is 1.67 bits per heavy atom. The molecule has 0 fully saturated rings. The molecule has 68 valence electrons. The van der Waals surface area contributed by atoms with Gasteiger partial charge in [-0.25, -0.2) is 0 Å². The van der Waals surface area contributed by atoms with Crippen molar-refractivity contribution in [1.29, 1.82) is 0 Å². The van der Waals surface area contributed by atoms with E-state index in [0.717, 1.165) is 0 Å². The molecule has 0 heterocycles. The lowest BCUT2D eigenvalue weighted by atomic mass is 10.1. The minimum absolute atomic E-state index is 1.18. The van der Waals surface area contributed by atoms with E-state index in [9.17, 15) is 0 Å². The first-order chi connectivity index (χ1) is 5.72. The first kappa shape index (κ1) is 11.2. The van der Waals surface area contributed by atoms with E-state index < -0.39 is 0 Å². The molecule has 0 saturated heterocycles. The molecule has 0 aromatic heterocycles. The molecule has 0 heteroatoms. The quantitative estimate of drug-likeness (QED) is 0.545. The zero-order valence-corrected chi connectivity index (χ0v) is 8.72. The van der Waals surface area contributed by atoms with E-state index in [2.05, 4.69) is 45.1 Å². The van der Waals surface area contributed by atoms with Crippen LogP contribution in [-0.2, 0) is 0 Å². The third-order valence-electron chi connectivity index (χ3n) is 1.86. The van der Waals surface area contributed by atoms with E-state index in [4.69, 9.17) is 0 Å². The molecule has 0 saturated carbocycles. The molecule has 0 nitrogen and oxygen atoms in total. The summed E-state index contributed by atoms with van der Waals surface area (Å²) in [6.45, 7) is 8.54. The molecule has 0 N–H and O–H groups in total. The zero-order chi connectivity index (χ0) is 9.40. The van der Waals surface area contributed by atoms with E-state index in [1.807, 2.05) is 6.92 Å². The summed E-state index contributed by atoms with van der Waals surface area (Å²) in [6.07, 6.45) is 11.1. The van der Waals surface area contributed by atoms with Gasteiger partial charge in [-0.15, -0.1) is 0 Å². The Kier molecular flexibility index (Phi) is 6.45. The van der Waals surface area contributed by atoms with Crippen LogP contribution in [-0.4, -0.2) is 0 Å². The van der Waals surface area contributed by atoms with E-state index >= 15 is 0 Å². The van der Waals surface area contributed by atoms with Crippen LogP contribution >= 0.6 is 0 Å². The highest BCUT2D eigenvalue weighted by Gasteiger charge is 1.86. The second kappa shape index (κ2) is 6.90. The topological polar surface area (TPSA) is 0 Å². The van der Waals surface area contributed by atoms with Crippen LogP contribution in [0, 0.1) is 0 Å². The van der Waals surface area contributed by atoms with Crippen LogP contribution in [0.1, 0.15) is 40.5 Å². The van der Waals surface area contributed by atoms with Gasteiger partial charge in [0.1, 0.15) is 0 Å². The molecule has 0 bridgehead atoms. The van der Waals surface area contributed by atoms with E-state index in [1.165, 1.54) is 24.0 Å². The predicted octanol–water partition coefficient (Wildman–Crippen LogP) is 4.26. The van der Waals surface area contributed by atoms with Crippen LogP contribution in [0.4, 0.5) is 0 Å². The first-order valence-electron chi connectivity index (χ1n) is 4.69. The van der Waals surface area contributed by atoms with Crippen LogP contribution in [0.25, 0.3) is 0 Å². The third-order valence-corrected chi connectivity index (χ3v) is 1.86. The van der Waals surface area contributed by atoms with Gasteiger partial charge < -0.3 is 0 Å². The molecular weight excluding hydrogens is 144 g/mol. The van der Waals surface area contributed by atoms with Gasteiger partial charge in [-0.3, -0.25) is 0 Å². The maximum absolute atomic E-state index is 2.24. The van der Waals surface area contributed by atoms with E-state index in [1.54, 1.807) is 0 Å². The molecule has 0 rings (SSSR count). The van der Waals surface area contributed by atoms with Crippen molar-refractivity contribution in [3.05, 3.63) is 35.5 Å². The highest BCUT2D eigenvalue weighted by atomic mass is 13.9. The summed E-state index contributed by atoms with van der Waals surface area (Å²) >= 11 is 0. The molecule has 12 heavy (non-hydrogen) atoms. The molecule has 0 aliphatic rings. The second-order valence-electron chi connectivity index (χ2n) is 3.06. The van der Waals surface area contributed by atoms with Gasteiger partial charge in [-0.2, -0.15) is 0 Å². The Balaban J connectivity index is 4.15. The van der Waals surface area contributed by atoms with Crippen LogP contribution in [0.5, 0.6) is 0 Å². The summed E-state index contributed by atoms with van der Waals surface area (Å²) in [5.41, 5.74) is 2.71. The molecule has 0 unspecified atom stereocenters. The second-order valence-corrected chi connectivity index (χ2v) is 3.06. The average molecular weight is 164 g/mol. The SMILES string of the molecule is CC=CC(C)=C(C)C=CCCC. The molecule has 0 aliphatic heterocycles. The minimum atomic E-state index is 1.18. The largest absolute Gasteiger partial charge is 0.0874 e. The molecule has 0 spiro atoms. The van der Waals surface area contributed by atoms with E-state index in [0.29, 0.717) is 0 Å². The van der Waals surface area contributed by atoms with Gasteiger partial charge in [0.2, 0.25) is 0 Å². The van der Waals surface area contributed by atoms with Crippen molar-refractivity contribution in [1.82, 2.24) is 0 Å². The fourth-order valence-electron chi connectivity index (χ4n) is 0.940. The third kappa shape index (κ3) is 4.95. The van der Waals surface area contributed by atoms with E-state index in [-0.39, 0.29) is 0 Å². The lowest BCUT2D eigenvalue weighted by Crippen LogP contribution is -1.75. The summed E-state index contributed by atoms with van der Waals surface area (Å²) in [7, 11) is 0. The maximum Gasteiger partial charge on any atom is -0.0350 e. The summed E-state index contributed by atoms with van der Waals surface area (Å²) in [6, 6.07) is 0. The van der Waals surface area contributed by atoms with Gasteiger partial charge in [0.25, 0.3) is 0 Å². The van der Waals surface area contributed by atoms with Crippen LogP contribution < -0.4 is 0 Å². The fraction of sp³-hybridized carbons (Fsp3) is 0.500. The standard InChI is InChI=1S/C12H20/c1-5-7-8-10-12(4)11(3)9-6-2/h6,8-10H,5,7H2,1-4H3. The normalized spacial score (nSPS) is 14.3. The Morgan fingerprint density at radius 3 is 2.17 bits per heavy atom. The van der Waals surface area contributed by atoms with Crippen molar-refractivity contribution in [2.45, 2.75) is 40.5 Å². The molecule has 0 amide bonds. The van der Waals surface area contributed by atoms with Gasteiger partial charge in [0, 0.05) is 0 Å². The van der Waals surface area contributed by atoms with Gasteiger partial charge in [-0.05, 0) is 38.3 Å². The summed E-state index contributed by atoms with van der Waals surface area (Å²) < 4.78 is 0. The molecule has 0 aromatic carbocycles. The van der Waals surface area contributed by atoms with Crippen LogP contribution in [0.15, 0.2) is 35.5 Å². The van der Waals surface area contributed by atoms with Gasteiger partial charge in [0.15, 0.2) is 0 Å². The lowest BCUT2D eigenvalue weighted by molar-refractivity contribution is 0.957. The Hall–Kier alpha value is -0.780. The van der Waals surface area contributed by atoms with Crippen LogP contribution in [0.2, 0.25) is 0 Å². The Morgan fingerprint density at radius 1 is 1.08 bits per heavy atom. The van der Waals surface area contributed by atoms with Crippen molar-refractivity contribution in [3.8, 4) is 0 Å². The van der Waals surface area contributed by atoms with Crippen molar-refractivity contribution < 1.29 is 0 Å². The number of hydrogen-bond acceptors (Lipinski definition) is 0. The number of allylic oxidation sites excluding steroid dienone is 6. The molecule has 0 aliphatic carbocycles. The van der Waals surface area contributed by atoms with Crippen molar-refractivity contribution in [2.24, 2.45) is 0 Å². The first-order valence-corrected chi connectivity index (χ1v) is 4.69. The van der Waals surface area contributed by atoms with Gasteiger partial charge in [0.05, 0.1) is 0 Å². The smallest absolute Gasteiger partial charge is 0.0350 e. The van der Waals surface area contributed by atoms with Crippen LogP contribution in [0.3, 0.4) is 0 Å². The minimum Gasteiger partial charge on any atom is -0.0874 e. The fourth-order valence-corrected chi connectivity index (χ4v) is 0.940. The Bertz CT molecular complexity index is 192. The highest BCUT2D eigenvalue weighted by Crippen LogP contribution is 2.06. The maximum atomic E-state index is 2.24. The van der Waals surface area contributed by atoms with Gasteiger partial charge >= 0.3 is 0 Å². The average Bonchev–Trinajstić information content (AvgIpc) is 2.05. The molecular formula is C12H20. The number of rotatable bonds is 4. The lowest BCUT2D eigenvalue weighted by Gasteiger charge is -1.96. The molecule has 0 radical (unpaired) electrons. The monoisotopic (exact) mass is 164 g/mol. The number of unbranched alkanes of at least 4 members (excludes halogenated alkanes) is 1. The summed E-state index contributed by atoms with van der Waals surface area (Å²) in [5.74, 6) is 0. The van der Waals surface area contributed by atoms with Crippen molar-refractivity contribution in [2.75, 3.05) is 0 Å². The highest BCUT2D eigenvalue weighted by molar-refractivity contribution is 5.29. The summed E-state index contributed by atoms with van der Waals surface area (Å²) in [5, 5.41) is 0. The predicted molar refractivity (Wildman–Crippen MR) is 57.2 cm³/mol. The molecule has 0 aromatic rings. The van der Waals surface area contributed by atoms with Crippen molar-refractivity contribution in [3.63, 3.8) is 0 Å². The number of hydrogen-bond donors (Lipinski definition) is 0. The van der Waals surface area contributed by atoms with Crippen molar-refractivity contribution >= 4 is 0 Å².